The van der Waals surface area contributed by atoms with Crippen LogP contribution in [0.4, 0.5) is 16.4 Å². The first-order chi connectivity index (χ1) is 19.4. The number of benzene rings is 2. The summed E-state index contributed by atoms with van der Waals surface area (Å²) in [6.45, 7) is 8.28. The number of hydrogen-bond donors (Lipinski definition) is 3. The van der Waals surface area contributed by atoms with Crippen molar-refractivity contribution in [1.82, 2.24) is 0 Å². The van der Waals surface area contributed by atoms with Crippen molar-refractivity contribution < 1.29 is 19.1 Å². The Bertz CT molecular complexity index is 1460. The van der Waals surface area contributed by atoms with Gasteiger partial charge < -0.3 is 20.7 Å². The average Bonchev–Trinajstić information content (AvgIpc) is 3.28. The zero-order valence-corrected chi connectivity index (χ0v) is 26.3. The molecule has 1 heterocycles. The molecule has 0 bridgehead atoms. The quantitative estimate of drug-likeness (QED) is 0.105. The summed E-state index contributed by atoms with van der Waals surface area (Å²) in [7, 11) is 1.38. The maximum atomic E-state index is 13.0. The van der Waals surface area contributed by atoms with E-state index in [1.807, 2.05) is 24.3 Å². The highest BCUT2D eigenvalue weighted by Gasteiger charge is 2.34. The molecule has 0 saturated carbocycles. The Morgan fingerprint density at radius 1 is 1.05 bits per heavy atom. The van der Waals surface area contributed by atoms with Crippen LogP contribution < -0.4 is 16.0 Å². The fourth-order valence-electron chi connectivity index (χ4n) is 4.79. The topological polar surface area (TPSA) is 96.5 Å². The van der Waals surface area contributed by atoms with E-state index in [0.717, 1.165) is 46.0 Å². The second-order valence-electron chi connectivity index (χ2n) is 11.1. The molecule has 0 saturated heterocycles. The van der Waals surface area contributed by atoms with Crippen molar-refractivity contribution in [2.24, 2.45) is 11.3 Å². The Balaban J connectivity index is 1.36. The lowest BCUT2D eigenvalue weighted by Crippen LogP contribution is -2.26. The Labute approximate surface area is 254 Å². The summed E-state index contributed by atoms with van der Waals surface area (Å²) in [5.41, 5.74) is 3.88. The van der Waals surface area contributed by atoms with Gasteiger partial charge in [0.05, 0.1) is 18.4 Å². The van der Waals surface area contributed by atoms with Crippen LogP contribution in [-0.2, 0) is 22.4 Å². The molecular weight excluding hydrogens is 575 g/mol. The number of hydrogen-bond acceptors (Lipinski definition) is 7. The fourth-order valence-corrected chi connectivity index (χ4v) is 7.11. The lowest BCUT2D eigenvalue weighted by atomic mass is 9.72. The molecule has 41 heavy (non-hydrogen) atoms. The molecule has 10 heteroatoms. The highest BCUT2D eigenvalue weighted by atomic mass is 32.2. The number of amides is 1. The van der Waals surface area contributed by atoms with Gasteiger partial charge in [0, 0.05) is 26.7 Å². The fraction of sp³-hybridized carbons (Fsp3) is 0.355. The van der Waals surface area contributed by atoms with Crippen molar-refractivity contribution in [2.75, 3.05) is 28.8 Å². The number of carbonyl (C=O) groups excluding carboxylic acids is 3. The first-order valence-electron chi connectivity index (χ1n) is 13.4. The van der Waals surface area contributed by atoms with Gasteiger partial charge in [0.1, 0.15) is 5.00 Å². The molecular formula is C31H35N3O4S3. The summed E-state index contributed by atoms with van der Waals surface area (Å²) >= 11 is 8.33. The Kier molecular flexibility index (Phi) is 9.88. The highest BCUT2D eigenvalue weighted by molar-refractivity contribution is 8.00. The van der Waals surface area contributed by atoms with Crippen molar-refractivity contribution in [2.45, 2.75) is 51.9 Å². The van der Waals surface area contributed by atoms with Crippen LogP contribution in [0.2, 0.25) is 0 Å². The average molecular weight is 610 g/mol. The van der Waals surface area contributed by atoms with Gasteiger partial charge in [-0.25, -0.2) is 4.79 Å². The van der Waals surface area contributed by atoms with Crippen molar-refractivity contribution in [3.63, 3.8) is 0 Å². The Morgan fingerprint density at radius 3 is 2.41 bits per heavy atom. The number of ether oxygens (including phenoxy) is 1. The second kappa shape index (κ2) is 13.2. The number of fused-ring (bicyclic) bond motifs is 1. The Hall–Kier alpha value is -3.21. The van der Waals surface area contributed by atoms with E-state index in [1.165, 1.54) is 37.1 Å². The third-order valence-corrected chi connectivity index (χ3v) is 9.51. The lowest BCUT2D eigenvalue weighted by Gasteiger charge is -2.33. The summed E-state index contributed by atoms with van der Waals surface area (Å²) < 4.78 is 5.08. The number of esters is 1. The summed E-state index contributed by atoms with van der Waals surface area (Å²) in [6, 6.07) is 14.7. The minimum atomic E-state index is -0.405. The van der Waals surface area contributed by atoms with Gasteiger partial charge in [0.2, 0.25) is 5.91 Å². The highest BCUT2D eigenvalue weighted by Crippen LogP contribution is 2.44. The number of thiophene rings is 1. The van der Waals surface area contributed by atoms with Crippen LogP contribution in [-0.4, -0.2) is 35.6 Å². The molecule has 7 nitrogen and oxygen atoms in total. The molecule has 3 aromatic rings. The predicted molar refractivity (Wildman–Crippen MR) is 173 cm³/mol. The predicted octanol–water partition coefficient (Wildman–Crippen LogP) is 7.43. The third-order valence-electron chi connectivity index (χ3n) is 7.14. The third kappa shape index (κ3) is 7.96. The van der Waals surface area contributed by atoms with Crippen molar-refractivity contribution >= 4 is 74.5 Å². The number of carbonyl (C=O) groups is 3. The zero-order chi connectivity index (χ0) is 29.7. The molecule has 0 spiro atoms. The zero-order valence-electron chi connectivity index (χ0n) is 23.9. The smallest absolute Gasteiger partial charge is 0.341 e. The van der Waals surface area contributed by atoms with E-state index >= 15 is 0 Å². The number of rotatable bonds is 8. The number of thiocarbonyl (C=S) groups is 1. The molecule has 216 valence electrons. The van der Waals surface area contributed by atoms with E-state index in [4.69, 9.17) is 17.0 Å². The lowest BCUT2D eigenvalue weighted by molar-refractivity contribution is -0.113. The van der Waals surface area contributed by atoms with Crippen LogP contribution in [0.5, 0.6) is 0 Å². The van der Waals surface area contributed by atoms with Gasteiger partial charge >= 0.3 is 5.97 Å². The van der Waals surface area contributed by atoms with E-state index in [2.05, 4.69) is 36.7 Å². The summed E-state index contributed by atoms with van der Waals surface area (Å²) in [5, 5.41) is 10.2. The van der Waals surface area contributed by atoms with Crippen LogP contribution in [0.25, 0.3) is 0 Å². The molecule has 0 radical (unpaired) electrons. The van der Waals surface area contributed by atoms with Gasteiger partial charge in [-0.3, -0.25) is 9.59 Å². The van der Waals surface area contributed by atoms with Crippen molar-refractivity contribution in [3.05, 3.63) is 70.1 Å². The van der Waals surface area contributed by atoms with Gasteiger partial charge in [-0.05, 0) is 97.8 Å². The number of methoxy groups -OCH3 is 1. The van der Waals surface area contributed by atoms with Crippen LogP contribution in [0.3, 0.4) is 0 Å². The van der Waals surface area contributed by atoms with Crippen LogP contribution in [0.1, 0.15) is 65.3 Å². The molecule has 1 amide bonds. The van der Waals surface area contributed by atoms with E-state index < -0.39 is 5.97 Å². The molecule has 3 N–H and O–H groups in total. The van der Waals surface area contributed by atoms with Crippen LogP contribution in [0.15, 0.2) is 53.4 Å². The number of nitrogens with one attached hydrogen (secondary N) is 3. The van der Waals surface area contributed by atoms with Gasteiger partial charge in [-0.2, -0.15) is 0 Å². The maximum Gasteiger partial charge on any atom is 0.341 e. The Morgan fingerprint density at radius 2 is 1.76 bits per heavy atom. The van der Waals surface area contributed by atoms with E-state index in [1.54, 1.807) is 24.3 Å². The maximum absolute atomic E-state index is 13.0. The molecule has 0 fully saturated rings. The molecule has 1 unspecified atom stereocenters. The number of Topliss-reactive ketones (excluding diaryl/α,β-unsaturated/α-hetero) is 1. The summed E-state index contributed by atoms with van der Waals surface area (Å²) in [6.07, 6.45) is 2.72. The number of ketones is 1. The summed E-state index contributed by atoms with van der Waals surface area (Å²) in [5.74, 6) is 0.124. The minimum absolute atomic E-state index is 0.00732. The number of anilines is 3. The van der Waals surface area contributed by atoms with Crippen molar-refractivity contribution in [3.8, 4) is 0 Å². The van der Waals surface area contributed by atoms with Gasteiger partial charge in [0.15, 0.2) is 10.9 Å². The normalized spacial score (nSPS) is 14.5. The minimum Gasteiger partial charge on any atom is -0.465 e. The van der Waals surface area contributed by atoms with Crippen LogP contribution in [0, 0.1) is 11.3 Å². The van der Waals surface area contributed by atoms with Crippen LogP contribution >= 0.6 is 35.3 Å². The largest absolute Gasteiger partial charge is 0.465 e. The van der Waals surface area contributed by atoms with E-state index in [0.29, 0.717) is 27.2 Å². The van der Waals surface area contributed by atoms with Crippen molar-refractivity contribution in [1.29, 1.82) is 0 Å². The van der Waals surface area contributed by atoms with E-state index in [-0.39, 0.29) is 22.9 Å². The van der Waals surface area contributed by atoms with E-state index in [9.17, 15) is 14.4 Å². The first kappa shape index (κ1) is 30.7. The SMILES string of the molecule is COC(=O)c1c(NC(=O)CSc2cccc(NC(=S)Nc3ccc(C(C)=O)cc3)c2)sc2c1CCC(C(C)(C)C)C2. The summed E-state index contributed by atoms with van der Waals surface area (Å²) in [4.78, 5) is 39.2. The molecule has 1 aliphatic carbocycles. The molecule has 1 aliphatic rings. The van der Waals surface area contributed by atoms with Gasteiger partial charge in [-0.15, -0.1) is 23.1 Å². The first-order valence-corrected chi connectivity index (χ1v) is 15.6. The van der Waals surface area contributed by atoms with Gasteiger partial charge in [-0.1, -0.05) is 26.8 Å². The van der Waals surface area contributed by atoms with Gasteiger partial charge in [0.25, 0.3) is 0 Å². The molecule has 1 aromatic heterocycles. The molecule has 4 rings (SSSR count). The number of thioether (sulfide) groups is 1. The molecule has 1 atom stereocenters. The standard InChI is InChI=1S/C31H35N3O4S3/c1-18(35)19-9-12-21(13-10-19)32-30(39)33-22-7-6-8-23(16-22)40-17-26(36)34-28-27(29(37)38-5)24-14-11-20(31(2,3)4)15-25(24)41-28/h6-10,12-13,16,20H,11,14-15,17H2,1-5H3,(H,34,36)(H2,32,33,39). The molecule has 0 aliphatic heterocycles. The second-order valence-corrected chi connectivity index (χ2v) is 13.6. The monoisotopic (exact) mass is 609 g/mol. The molecule has 2 aromatic carbocycles.